The molecule has 24 heavy (non-hydrogen) atoms. The molecule has 0 fully saturated rings. The lowest BCUT2D eigenvalue weighted by Gasteiger charge is -2.21. The van der Waals surface area contributed by atoms with Crippen LogP contribution in [0.25, 0.3) is 10.4 Å². The van der Waals surface area contributed by atoms with Gasteiger partial charge in [-0.3, -0.25) is 0 Å². The fourth-order valence-electron chi connectivity index (χ4n) is 2.90. The number of azide groups is 1. The molecule has 0 heterocycles. The molecule has 0 amide bonds. The highest BCUT2D eigenvalue weighted by Gasteiger charge is 2.24. The normalized spacial score (nSPS) is 14.8. The Morgan fingerprint density at radius 1 is 0.833 bits per heavy atom. The highest BCUT2D eigenvalue weighted by atomic mass is 16.3. The van der Waals surface area contributed by atoms with Gasteiger partial charge in [0.25, 0.3) is 0 Å². The number of unbranched alkanes of at least 4 members (excludes halogenated alkanes) is 11. The standard InChI is InChI=1S/C18H37N3O3/c1-2-3-4-5-6-7-8-9-10-11-12-13-14-17(23)18(24)16(15-22)20-21-19/h16-18,22-24H,2-15H2,1H3/t16-,17-,18+/m0/s1. The molecule has 0 rings (SSSR count). The maximum atomic E-state index is 9.86. The summed E-state index contributed by atoms with van der Waals surface area (Å²) < 4.78 is 0. The van der Waals surface area contributed by atoms with Gasteiger partial charge < -0.3 is 15.3 Å². The molecular weight excluding hydrogens is 306 g/mol. The van der Waals surface area contributed by atoms with E-state index in [1.807, 2.05) is 0 Å². The molecule has 0 unspecified atom stereocenters. The van der Waals surface area contributed by atoms with Gasteiger partial charge in [0.05, 0.1) is 24.9 Å². The fraction of sp³-hybridized carbons (Fsp3) is 1.00. The van der Waals surface area contributed by atoms with Crippen molar-refractivity contribution in [2.75, 3.05) is 6.61 Å². The number of hydrogen-bond acceptors (Lipinski definition) is 4. The van der Waals surface area contributed by atoms with E-state index in [1.165, 1.54) is 57.8 Å². The van der Waals surface area contributed by atoms with Gasteiger partial charge in [-0.2, -0.15) is 0 Å². The lowest BCUT2D eigenvalue weighted by atomic mass is 10.00. The van der Waals surface area contributed by atoms with Crippen molar-refractivity contribution in [2.24, 2.45) is 5.11 Å². The molecular formula is C18H37N3O3. The lowest BCUT2D eigenvalue weighted by Crippen LogP contribution is -2.38. The summed E-state index contributed by atoms with van der Waals surface area (Å²) in [6.07, 6.45) is 13.3. The molecule has 0 aliphatic carbocycles. The lowest BCUT2D eigenvalue weighted by molar-refractivity contribution is -0.0120. The first-order chi connectivity index (χ1) is 11.7. The van der Waals surface area contributed by atoms with Crippen molar-refractivity contribution in [3.05, 3.63) is 10.4 Å². The molecule has 0 spiro atoms. The molecule has 0 aliphatic heterocycles. The molecule has 0 aromatic rings. The van der Waals surface area contributed by atoms with Crippen molar-refractivity contribution < 1.29 is 15.3 Å². The van der Waals surface area contributed by atoms with Gasteiger partial charge in [0.15, 0.2) is 0 Å². The van der Waals surface area contributed by atoms with Crippen LogP contribution in [0.1, 0.15) is 90.4 Å². The Morgan fingerprint density at radius 3 is 1.71 bits per heavy atom. The third kappa shape index (κ3) is 12.6. The van der Waals surface area contributed by atoms with Gasteiger partial charge in [-0.1, -0.05) is 89.1 Å². The SMILES string of the molecule is CCCCCCCCCCCCCC[C@H](O)[C@H](O)[C@H](CO)N=[N+]=[N-]. The second kappa shape index (κ2) is 17.0. The molecule has 6 nitrogen and oxygen atoms in total. The minimum absolute atomic E-state index is 0.458. The highest BCUT2D eigenvalue weighted by molar-refractivity contribution is 4.81. The smallest absolute Gasteiger partial charge is 0.0905 e. The van der Waals surface area contributed by atoms with Crippen molar-refractivity contribution in [1.82, 2.24) is 0 Å². The van der Waals surface area contributed by atoms with E-state index in [1.54, 1.807) is 0 Å². The van der Waals surface area contributed by atoms with Crippen molar-refractivity contribution in [3.8, 4) is 0 Å². The molecule has 0 saturated heterocycles. The summed E-state index contributed by atoms with van der Waals surface area (Å²) in [5.74, 6) is 0. The highest BCUT2D eigenvalue weighted by Crippen LogP contribution is 2.15. The summed E-state index contributed by atoms with van der Waals surface area (Å²) in [5, 5.41) is 32.0. The Balaban J connectivity index is 3.47. The van der Waals surface area contributed by atoms with Crippen molar-refractivity contribution >= 4 is 0 Å². The maximum absolute atomic E-state index is 9.86. The van der Waals surface area contributed by atoms with E-state index < -0.39 is 24.9 Å². The van der Waals surface area contributed by atoms with Gasteiger partial charge >= 0.3 is 0 Å². The molecule has 0 saturated carbocycles. The monoisotopic (exact) mass is 343 g/mol. The van der Waals surface area contributed by atoms with Crippen LogP contribution in [-0.2, 0) is 0 Å². The average Bonchev–Trinajstić information content (AvgIpc) is 2.59. The minimum Gasteiger partial charge on any atom is -0.396 e. The van der Waals surface area contributed by atoms with Crippen LogP contribution in [0.15, 0.2) is 5.11 Å². The van der Waals surface area contributed by atoms with Crippen LogP contribution in [0.4, 0.5) is 0 Å². The number of nitrogens with zero attached hydrogens (tertiary/aromatic N) is 3. The average molecular weight is 344 g/mol. The third-order valence-corrected chi connectivity index (χ3v) is 4.53. The van der Waals surface area contributed by atoms with E-state index in [9.17, 15) is 10.2 Å². The summed E-state index contributed by atoms with van der Waals surface area (Å²) in [4.78, 5) is 2.57. The van der Waals surface area contributed by atoms with E-state index in [-0.39, 0.29) is 0 Å². The molecule has 0 bridgehead atoms. The predicted molar refractivity (Wildman–Crippen MR) is 97.7 cm³/mol. The van der Waals surface area contributed by atoms with Gasteiger partial charge in [-0.15, -0.1) is 0 Å². The topological polar surface area (TPSA) is 109 Å². The van der Waals surface area contributed by atoms with E-state index in [4.69, 9.17) is 10.6 Å². The van der Waals surface area contributed by atoms with E-state index in [0.717, 1.165) is 19.3 Å². The van der Waals surface area contributed by atoms with E-state index >= 15 is 0 Å². The van der Waals surface area contributed by atoms with Crippen LogP contribution in [0, 0.1) is 0 Å². The van der Waals surface area contributed by atoms with Gasteiger partial charge in [-0.05, 0) is 12.0 Å². The molecule has 0 radical (unpaired) electrons. The zero-order chi connectivity index (χ0) is 18.0. The first-order valence-corrected chi connectivity index (χ1v) is 9.68. The third-order valence-electron chi connectivity index (χ3n) is 4.53. The number of aliphatic hydroxyl groups is 3. The first kappa shape index (κ1) is 23.2. The Labute approximate surface area is 146 Å². The number of hydrogen-bond donors (Lipinski definition) is 3. The van der Waals surface area contributed by atoms with Crippen LogP contribution in [0.5, 0.6) is 0 Å². The predicted octanol–water partition coefficient (Wildman–Crippen LogP) is 4.47. The van der Waals surface area contributed by atoms with Gasteiger partial charge in [-0.25, -0.2) is 0 Å². The second-order valence-corrected chi connectivity index (χ2v) is 6.69. The molecule has 0 aromatic heterocycles. The summed E-state index contributed by atoms with van der Waals surface area (Å²) in [6.45, 7) is 1.78. The van der Waals surface area contributed by atoms with Gasteiger partial charge in [0.1, 0.15) is 0 Å². The molecule has 6 heteroatoms. The number of aliphatic hydroxyl groups excluding tert-OH is 3. The zero-order valence-corrected chi connectivity index (χ0v) is 15.3. The second-order valence-electron chi connectivity index (χ2n) is 6.69. The molecule has 3 N–H and O–H groups in total. The Morgan fingerprint density at radius 2 is 1.29 bits per heavy atom. The van der Waals surface area contributed by atoms with Crippen molar-refractivity contribution in [1.29, 1.82) is 0 Å². The van der Waals surface area contributed by atoms with E-state index in [0.29, 0.717) is 6.42 Å². The molecule has 0 aromatic carbocycles. The summed E-state index contributed by atoms with van der Waals surface area (Å²) >= 11 is 0. The van der Waals surface area contributed by atoms with Gasteiger partial charge in [0, 0.05) is 4.91 Å². The van der Waals surface area contributed by atoms with Crippen molar-refractivity contribution in [2.45, 2.75) is 109 Å². The first-order valence-electron chi connectivity index (χ1n) is 9.68. The van der Waals surface area contributed by atoms with Crippen LogP contribution in [0.3, 0.4) is 0 Å². The van der Waals surface area contributed by atoms with Crippen LogP contribution < -0.4 is 0 Å². The Kier molecular flexibility index (Phi) is 16.5. The van der Waals surface area contributed by atoms with Crippen LogP contribution in [0.2, 0.25) is 0 Å². The quantitative estimate of drug-likeness (QED) is 0.157. The molecule has 142 valence electrons. The summed E-state index contributed by atoms with van der Waals surface area (Å²) in [6, 6.07) is -0.970. The summed E-state index contributed by atoms with van der Waals surface area (Å²) in [5.41, 5.74) is 8.34. The minimum atomic E-state index is -1.20. The summed E-state index contributed by atoms with van der Waals surface area (Å²) in [7, 11) is 0. The van der Waals surface area contributed by atoms with Gasteiger partial charge in [0.2, 0.25) is 0 Å². The molecule has 0 aliphatic rings. The fourth-order valence-corrected chi connectivity index (χ4v) is 2.90. The largest absolute Gasteiger partial charge is 0.396 e. The Bertz CT molecular complexity index is 323. The van der Waals surface area contributed by atoms with Crippen LogP contribution in [-0.4, -0.2) is 40.2 Å². The number of rotatable bonds is 17. The van der Waals surface area contributed by atoms with Crippen molar-refractivity contribution in [3.63, 3.8) is 0 Å². The van der Waals surface area contributed by atoms with E-state index in [2.05, 4.69) is 16.9 Å². The Hall–Kier alpha value is -0.810. The maximum Gasteiger partial charge on any atom is 0.0905 e. The van der Waals surface area contributed by atoms with Crippen LogP contribution >= 0.6 is 0 Å². The zero-order valence-electron chi connectivity index (χ0n) is 15.3. The molecule has 3 atom stereocenters.